The molecule has 0 saturated heterocycles. The molecule has 0 amide bonds. The van der Waals surface area contributed by atoms with Crippen molar-refractivity contribution in [3.05, 3.63) is 11.8 Å². The third-order valence-corrected chi connectivity index (χ3v) is 3.19. The Morgan fingerprint density at radius 3 is 2.58 bits per heavy atom. The Kier molecular flexibility index (Phi) is 3.79. The van der Waals surface area contributed by atoms with Gasteiger partial charge in [0.05, 0.1) is 0 Å². The lowest BCUT2D eigenvalue weighted by Crippen LogP contribution is -2.20. The Balaban J connectivity index is 2.20. The van der Waals surface area contributed by atoms with E-state index in [1.54, 1.807) is 0 Å². The van der Waals surface area contributed by atoms with Gasteiger partial charge in [-0.25, -0.2) is 10.8 Å². The van der Waals surface area contributed by atoms with Crippen molar-refractivity contribution in [3.63, 3.8) is 0 Å². The van der Waals surface area contributed by atoms with Gasteiger partial charge in [-0.1, -0.05) is 6.92 Å². The van der Waals surface area contributed by atoms with Gasteiger partial charge in [-0.3, -0.25) is 5.43 Å². The zero-order valence-corrected chi connectivity index (χ0v) is 10.5. The van der Waals surface area contributed by atoms with E-state index in [1.807, 2.05) is 0 Å². The molecule has 2 atom stereocenters. The summed E-state index contributed by atoms with van der Waals surface area (Å²) in [7, 11) is 0. The maximum Gasteiger partial charge on any atom is 0.433 e. The van der Waals surface area contributed by atoms with Crippen LogP contribution in [0.5, 0.6) is 0 Å². The van der Waals surface area contributed by atoms with E-state index in [0.29, 0.717) is 5.92 Å². The van der Waals surface area contributed by atoms with E-state index < -0.39 is 11.9 Å². The lowest BCUT2D eigenvalue weighted by atomic mass is 10.1. The average Bonchev–Trinajstić information content (AvgIpc) is 2.73. The molecule has 2 rings (SSSR count). The fourth-order valence-corrected chi connectivity index (χ4v) is 2.28. The van der Waals surface area contributed by atoms with Gasteiger partial charge in [0.15, 0.2) is 5.69 Å². The molecular weight excluding hydrogens is 259 g/mol. The molecule has 0 aromatic carbocycles. The molecule has 0 bridgehead atoms. The highest BCUT2D eigenvalue weighted by Crippen LogP contribution is 2.31. The number of hydrazine groups is 1. The molecule has 0 aliphatic heterocycles. The molecule has 8 heteroatoms. The zero-order valence-electron chi connectivity index (χ0n) is 10.5. The molecule has 4 N–H and O–H groups in total. The van der Waals surface area contributed by atoms with Crippen LogP contribution >= 0.6 is 0 Å². The molecule has 1 saturated carbocycles. The van der Waals surface area contributed by atoms with Crippen LogP contribution < -0.4 is 16.6 Å². The summed E-state index contributed by atoms with van der Waals surface area (Å²) in [6.45, 7) is 2.12. The minimum atomic E-state index is -4.52. The first-order chi connectivity index (χ1) is 8.88. The van der Waals surface area contributed by atoms with Gasteiger partial charge in [-0.2, -0.15) is 18.2 Å². The van der Waals surface area contributed by atoms with Gasteiger partial charge >= 0.3 is 6.18 Å². The molecule has 1 fully saturated rings. The fraction of sp³-hybridized carbons (Fsp3) is 0.636. The molecule has 0 spiro atoms. The van der Waals surface area contributed by atoms with Crippen molar-refractivity contribution < 1.29 is 13.2 Å². The number of rotatable bonds is 3. The normalized spacial score (nSPS) is 23.4. The molecule has 106 valence electrons. The molecule has 2 unspecified atom stereocenters. The van der Waals surface area contributed by atoms with E-state index in [9.17, 15) is 13.2 Å². The van der Waals surface area contributed by atoms with E-state index in [2.05, 4.69) is 27.6 Å². The lowest BCUT2D eigenvalue weighted by molar-refractivity contribution is -0.141. The predicted octanol–water partition coefficient (Wildman–Crippen LogP) is 2.38. The van der Waals surface area contributed by atoms with Crippen LogP contribution in [0.15, 0.2) is 6.07 Å². The monoisotopic (exact) mass is 275 g/mol. The fourth-order valence-electron chi connectivity index (χ4n) is 2.28. The van der Waals surface area contributed by atoms with Crippen LogP contribution in [-0.4, -0.2) is 16.0 Å². The minimum absolute atomic E-state index is 0.148. The number of aromatic nitrogens is 2. The van der Waals surface area contributed by atoms with Crippen molar-refractivity contribution in [2.24, 2.45) is 11.8 Å². The molecule has 19 heavy (non-hydrogen) atoms. The summed E-state index contributed by atoms with van der Waals surface area (Å²) in [5, 5.41) is 3.01. The Morgan fingerprint density at radius 2 is 2.05 bits per heavy atom. The zero-order chi connectivity index (χ0) is 14.0. The van der Waals surface area contributed by atoms with Crippen molar-refractivity contribution >= 4 is 11.8 Å². The highest BCUT2D eigenvalue weighted by atomic mass is 19.4. The van der Waals surface area contributed by atoms with Gasteiger partial charge in [0.1, 0.15) is 5.82 Å². The summed E-state index contributed by atoms with van der Waals surface area (Å²) >= 11 is 0. The van der Waals surface area contributed by atoms with E-state index in [0.717, 1.165) is 25.3 Å². The van der Waals surface area contributed by atoms with Crippen LogP contribution in [0.4, 0.5) is 24.9 Å². The Hall–Kier alpha value is -1.57. The maximum atomic E-state index is 12.7. The minimum Gasteiger partial charge on any atom is -0.367 e. The second-order valence-corrected chi connectivity index (χ2v) is 4.86. The number of nitrogen functional groups attached to an aromatic ring is 1. The highest BCUT2D eigenvalue weighted by molar-refractivity contribution is 5.43. The van der Waals surface area contributed by atoms with E-state index in [-0.39, 0.29) is 17.8 Å². The largest absolute Gasteiger partial charge is 0.433 e. The Morgan fingerprint density at radius 1 is 1.32 bits per heavy atom. The molecular formula is C11H16F3N5. The Labute approximate surface area is 108 Å². The molecule has 1 aromatic heterocycles. The quantitative estimate of drug-likeness (QED) is 0.583. The molecule has 1 aliphatic rings. The van der Waals surface area contributed by atoms with Crippen LogP contribution in [0, 0.1) is 5.92 Å². The van der Waals surface area contributed by atoms with Gasteiger partial charge in [0, 0.05) is 12.1 Å². The first-order valence-electron chi connectivity index (χ1n) is 6.08. The summed E-state index contributed by atoms with van der Waals surface area (Å²) in [6, 6.07) is 1.06. The summed E-state index contributed by atoms with van der Waals surface area (Å²) in [5.41, 5.74) is 1.04. The molecule has 5 nitrogen and oxygen atoms in total. The van der Waals surface area contributed by atoms with Gasteiger partial charge < -0.3 is 5.32 Å². The third kappa shape index (κ3) is 3.46. The van der Waals surface area contributed by atoms with Crippen molar-refractivity contribution in [1.29, 1.82) is 0 Å². The SMILES string of the molecule is CC1CCC(Nc2cc(C(F)(F)F)nc(NN)n2)C1. The van der Waals surface area contributed by atoms with E-state index >= 15 is 0 Å². The van der Waals surface area contributed by atoms with Crippen LogP contribution in [0.25, 0.3) is 0 Å². The number of nitrogens with zero attached hydrogens (tertiary/aromatic N) is 2. The summed E-state index contributed by atoms with van der Waals surface area (Å²) in [4.78, 5) is 7.20. The van der Waals surface area contributed by atoms with Crippen molar-refractivity contribution in [1.82, 2.24) is 9.97 Å². The number of hydrogen-bond acceptors (Lipinski definition) is 5. The van der Waals surface area contributed by atoms with E-state index in [4.69, 9.17) is 5.84 Å². The van der Waals surface area contributed by atoms with E-state index in [1.165, 1.54) is 0 Å². The Bertz CT molecular complexity index is 448. The van der Waals surface area contributed by atoms with Crippen molar-refractivity contribution in [3.8, 4) is 0 Å². The number of nitrogens with two attached hydrogens (primary N) is 1. The average molecular weight is 275 g/mol. The van der Waals surface area contributed by atoms with Crippen LogP contribution in [-0.2, 0) is 6.18 Å². The summed E-state index contributed by atoms with van der Waals surface area (Å²) < 4.78 is 38.0. The molecule has 1 aliphatic carbocycles. The second kappa shape index (κ2) is 5.20. The third-order valence-electron chi connectivity index (χ3n) is 3.19. The van der Waals surface area contributed by atoms with Crippen LogP contribution in [0.2, 0.25) is 0 Å². The summed E-state index contributed by atoms with van der Waals surface area (Å²) in [6.07, 6.45) is -1.60. The first kappa shape index (κ1) is 13.9. The van der Waals surface area contributed by atoms with Crippen molar-refractivity contribution in [2.75, 3.05) is 10.7 Å². The first-order valence-corrected chi connectivity index (χ1v) is 6.08. The van der Waals surface area contributed by atoms with Gasteiger partial charge in [0.25, 0.3) is 0 Å². The van der Waals surface area contributed by atoms with Crippen LogP contribution in [0.1, 0.15) is 31.9 Å². The second-order valence-electron chi connectivity index (χ2n) is 4.86. The standard InChI is InChI=1S/C11H16F3N5/c1-6-2-3-7(4-6)16-9-5-8(11(12,13)14)17-10(18-9)19-15/h5-7H,2-4,15H2,1H3,(H2,16,17,18,19). The van der Waals surface area contributed by atoms with Crippen molar-refractivity contribution in [2.45, 2.75) is 38.4 Å². The number of halogens is 3. The molecule has 1 heterocycles. The predicted molar refractivity (Wildman–Crippen MR) is 65.3 cm³/mol. The number of alkyl halides is 3. The van der Waals surface area contributed by atoms with Crippen LogP contribution in [0.3, 0.4) is 0 Å². The number of hydrogen-bond donors (Lipinski definition) is 3. The molecule has 1 aromatic rings. The number of anilines is 2. The number of nitrogens with one attached hydrogen (secondary N) is 2. The lowest BCUT2D eigenvalue weighted by Gasteiger charge is -2.15. The van der Waals surface area contributed by atoms with Gasteiger partial charge in [-0.05, 0) is 25.2 Å². The maximum absolute atomic E-state index is 12.7. The smallest absolute Gasteiger partial charge is 0.367 e. The van der Waals surface area contributed by atoms with Gasteiger partial charge in [0.2, 0.25) is 5.95 Å². The van der Waals surface area contributed by atoms with Gasteiger partial charge in [-0.15, -0.1) is 0 Å². The molecule has 0 radical (unpaired) electrons. The summed E-state index contributed by atoms with van der Waals surface area (Å²) in [5.74, 6) is 5.57. The highest BCUT2D eigenvalue weighted by Gasteiger charge is 2.34. The topological polar surface area (TPSA) is 75.9 Å².